The molecule has 0 aliphatic carbocycles. The predicted octanol–water partition coefficient (Wildman–Crippen LogP) is 6.02. The molecule has 37 heavy (non-hydrogen) atoms. The maximum absolute atomic E-state index is 11.9. The molecule has 0 fully saturated rings. The Kier molecular flexibility index (Phi) is 20.0. The Morgan fingerprint density at radius 1 is 0.649 bits per heavy atom. The Balaban J connectivity index is 5.26. The molecular formula is C30H55NO6. The molecule has 3 unspecified atom stereocenters. The van der Waals surface area contributed by atoms with Crippen molar-refractivity contribution in [1.29, 1.82) is 0 Å². The van der Waals surface area contributed by atoms with E-state index in [0.29, 0.717) is 19.3 Å². The lowest BCUT2D eigenvalue weighted by atomic mass is 9.96. The van der Waals surface area contributed by atoms with Gasteiger partial charge in [-0.25, -0.2) is 0 Å². The van der Waals surface area contributed by atoms with Crippen LogP contribution in [0.3, 0.4) is 0 Å². The molecule has 2 N–H and O–H groups in total. The van der Waals surface area contributed by atoms with Crippen molar-refractivity contribution in [2.24, 2.45) is 17.8 Å². The normalized spacial score (nSPS) is 15.8. The van der Waals surface area contributed by atoms with Crippen LogP contribution in [0.2, 0.25) is 0 Å². The summed E-state index contributed by atoms with van der Waals surface area (Å²) in [7, 11) is 0. The van der Waals surface area contributed by atoms with Crippen molar-refractivity contribution in [3.63, 3.8) is 0 Å². The zero-order chi connectivity index (χ0) is 28.1. The van der Waals surface area contributed by atoms with Gasteiger partial charge in [0.1, 0.15) is 11.8 Å². The highest BCUT2D eigenvalue weighted by molar-refractivity contribution is 5.71. The Bertz CT molecular complexity index is 603. The number of allylic oxidation sites excluding steroid dienone is 1. The van der Waals surface area contributed by atoms with E-state index in [-0.39, 0.29) is 24.1 Å². The van der Waals surface area contributed by atoms with Gasteiger partial charge in [0.15, 0.2) is 0 Å². The molecular weight excluding hydrogens is 470 g/mol. The van der Waals surface area contributed by atoms with Gasteiger partial charge in [-0.15, -0.1) is 0 Å². The number of hydrogen-bond donors (Lipinski definition) is 2. The number of unbranched alkanes of at least 4 members (excludes halogenated alkanes) is 11. The Labute approximate surface area is 225 Å². The molecule has 0 aromatic rings. The lowest BCUT2D eigenvalue weighted by Crippen LogP contribution is -2.55. The number of nitrogens with zero attached hydrogens (tertiary/aromatic N) is 1. The average Bonchev–Trinajstić information content (AvgIpc) is 2.86. The summed E-state index contributed by atoms with van der Waals surface area (Å²) >= 11 is 0. The van der Waals surface area contributed by atoms with Crippen LogP contribution in [0, 0.1) is 17.8 Å². The van der Waals surface area contributed by atoms with Gasteiger partial charge < -0.3 is 20.1 Å². The van der Waals surface area contributed by atoms with Crippen LogP contribution in [0.5, 0.6) is 0 Å². The molecule has 0 aliphatic heterocycles. The first kappa shape index (κ1) is 35.1. The number of aliphatic carboxylic acids is 3. The molecule has 0 saturated heterocycles. The second kappa shape index (κ2) is 21.1. The molecule has 0 amide bonds. The van der Waals surface area contributed by atoms with Gasteiger partial charge in [-0.3, -0.25) is 14.1 Å². The summed E-state index contributed by atoms with van der Waals surface area (Å²) in [5.74, 6) is -5.18. The first-order chi connectivity index (χ1) is 17.7. The Hall–Kier alpha value is -1.89. The molecule has 0 aromatic heterocycles. The van der Waals surface area contributed by atoms with Gasteiger partial charge in [0.25, 0.3) is 0 Å². The minimum absolute atomic E-state index is 0.0418. The standard InChI is InChI=1S/C30H55NO6/c1-5-9-10-11-12-13-14-15-16-17-18-19-20-21-31(22-25(6-2)28(32)33,23-26(7-3)29(34)35)24-27(8-4)30(36)37/h20-21,25-27H,5-19,22-24H2,1-4H3,(H2-,32,33,34,35,36,37)/b21-20+. The summed E-state index contributed by atoms with van der Waals surface area (Å²) in [6.07, 6.45) is 19.7. The molecule has 216 valence electrons. The number of carbonyl (C=O) groups is 3. The van der Waals surface area contributed by atoms with Crippen molar-refractivity contribution in [1.82, 2.24) is 0 Å². The van der Waals surface area contributed by atoms with Crippen molar-refractivity contribution in [3.8, 4) is 0 Å². The van der Waals surface area contributed by atoms with Crippen LogP contribution in [0.15, 0.2) is 12.3 Å². The molecule has 7 nitrogen and oxygen atoms in total. The fraction of sp³-hybridized carbons (Fsp3) is 0.833. The number of rotatable bonds is 25. The van der Waals surface area contributed by atoms with E-state index in [0.717, 1.165) is 19.3 Å². The summed E-state index contributed by atoms with van der Waals surface area (Å²) in [6, 6.07) is 0. The third kappa shape index (κ3) is 15.8. The quantitative estimate of drug-likeness (QED) is 0.111. The molecule has 0 rings (SSSR count). The van der Waals surface area contributed by atoms with Crippen molar-refractivity contribution in [3.05, 3.63) is 12.3 Å². The minimum atomic E-state index is -1.17. The van der Waals surface area contributed by atoms with E-state index in [4.69, 9.17) is 0 Å². The number of carbonyl (C=O) groups excluding carboxylic acids is 1. The van der Waals surface area contributed by atoms with Gasteiger partial charge in [-0.05, 0) is 38.2 Å². The zero-order valence-electron chi connectivity index (χ0n) is 24.1. The zero-order valence-corrected chi connectivity index (χ0v) is 24.1. The van der Waals surface area contributed by atoms with Crippen LogP contribution in [0.25, 0.3) is 0 Å². The summed E-state index contributed by atoms with van der Waals surface area (Å²) in [5.41, 5.74) is 0. The van der Waals surface area contributed by atoms with E-state index in [2.05, 4.69) is 6.92 Å². The number of carboxylic acid groups (broad SMARTS) is 3. The SMILES string of the molecule is CCCCCCCCCCCCC/C=C/[N+](CC(CC)C(=O)[O-])(CC(CC)C(=O)O)CC(CC)C(=O)O. The van der Waals surface area contributed by atoms with Crippen LogP contribution in [-0.4, -0.2) is 52.2 Å². The minimum Gasteiger partial charge on any atom is -0.550 e. The maximum atomic E-state index is 11.9. The lowest BCUT2D eigenvalue weighted by molar-refractivity contribution is -0.887. The Morgan fingerprint density at radius 2 is 1.03 bits per heavy atom. The van der Waals surface area contributed by atoms with Crippen molar-refractivity contribution >= 4 is 17.9 Å². The highest BCUT2D eigenvalue weighted by Crippen LogP contribution is 2.25. The van der Waals surface area contributed by atoms with Crippen LogP contribution in [0.1, 0.15) is 124 Å². The molecule has 0 heterocycles. The second-order valence-electron chi connectivity index (χ2n) is 10.8. The highest BCUT2D eigenvalue weighted by atomic mass is 16.4. The smallest absolute Gasteiger partial charge is 0.312 e. The van der Waals surface area contributed by atoms with Gasteiger partial charge in [0.2, 0.25) is 0 Å². The van der Waals surface area contributed by atoms with Crippen LogP contribution >= 0.6 is 0 Å². The number of hydrogen-bond acceptors (Lipinski definition) is 4. The van der Waals surface area contributed by atoms with Crippen LogP contribution < -0.4 is 5.11 Å². The van der Waals surface area contributed by atoms with Crippen molar-refractivity contribution in [2.45, 2.75) is 124 Å². The fourth-order valence-electron chi connectivity index (χ4n) is 5.08. The lowest BCUT2D eigenvalue weighted by Gasteiger charge is -2.41. The largest absolute Gasteiger partial charge is 0.550 e. The molecule has 7 heteroatoms. The van der Waals surface area contributed by atoms with Gasteiger partial charge >= 0.3 is 11.9 Å². The predicted molar refractivity (Wildman–Crippen MR) is 147 cm³/mol. The second-order valence-corrected chi connectivity index (χ2v) is 10.8. The number of quaternary nitrogens is 1. The summed E-state index contributed by atoms with van der Waals surface area (Å²) < 4.78 is 0.0418. The van der Waals surface area contributed by atoms with Crippen molar-refractivity contribution < 1.29 is 34.2 Å². The van der Waals surface area contributed by atoms with E-state index in [1.807, 2.05) is 12.3 Å². The van der Waals surface area contributed by atoms with E-state index >= 15 is 0 Å². The summed E-state index contributed by atoms with van der Waals surface area (Å²) in [4.78, 5) is 35.6. The third-order valence-electron chi connectivity index (χ3n) is 7.66. The first-order valence-corrected chi connectivity index (χ1v) is 14.9. The molecule has 0 saturated carbocycles. The molecule has 0 aliphatic rings. The van der Waals surface area contributed by atoms with Gasteiger partial charge in [0, 0.05) is 5.92 Å². The maximum Gasteiger partial charge on any atom is 0.312 e. The molecule has 0 spiro atoms. The van der Waals surface area contributed by atoms with Crippen LogP contribution in [-0.2, 0) is 14.4 Å². The van der Waals surface area contributed by atoms with E-state index < -0.39 is 35.7 Å². The summed E-state index contributed by atoms with van der Waals surface area (Å²) in [6.45, 7) is 8.09. The van der Waals surface area contributed by atoms with Gasteiger partial charge in [0.05, 0.1) is 31.8 Å². The third-order valence-corrected chi connectivity index (χ3v) is 7.66. The molecule has 0 radical (unpaired) electrons. The molecule has 3 atom stereocenters. The highest BCUT2D eigenvalue weighted by Gasteiger charge is 2.38. The average molecular weight is 526 g/mol. The van der Waals surface area contributed by atoms with E-state index in [9.17, 15) is 29.7 Å². The van der Waals surface area contributed by atoms with E-state index in [1.54, 1.807) is 20.8 Å². The van der Waals surface area contributed by atoms with Crippen molar-refractivity contribution in [2.75, 3.05) is 19.6 Å². The van der Waals surface area contributed by atoms with Gasteiger partial charge in [-0.2, -0.15) is 0 Å². The number of carboxylic acids is 3. The monoisotopic (exact) mass is 525 g/mol. The van der Waals surface area contributed by atoms with E-state index in [1.165, 1.54) is 57.8 Å². The molecule has 0 aromatic carbocycles. The van der Waals surface area contributed by atoms with Gasteiger partial charge in [-0.1, -0.05) is 91.9 Å². The Morgan fingerprint density at radius 3 is 1.38 bits per heavy atom. The fourth-order valence-corrected chi connectivity index (χ4v) is 5.08. The topological polar surface area (TPSA) is 115 Å². The van der Waals surface area contributed by atoms with Crippen LogP contribution in [0.4, 0.5) is 0 Å². The summed E-state index contributed by atoms with van der Waals surface area (Å²) in [5, 5.41) is 31.3. The first-order valence-electron chi connectivity index (χ1n) is 14.9. The molecule has 0 bridgehead atoms.